The van der Waals surface area contributed by atoms with E-state index in [9.17, 15) is 38.9 Å². The van der Waals surface area contributed by atoms with Gasteiger partial charge in [0.1, 0.15) is 0 Å². The van der Waals surface area contributed by atoms with Gasteiger partial charge in [0.2, 0.25) is 0 Å². The van der Waals surface area contributed by atoms with Gasteiger partial charge in [0.25, 0.3) is 30.4 Å². The third-order valence-electron chi connectivity index (χ3n) is 9.66. The Bertz CT molecular complexity index is 1910. The Morgan fingerprint density at radius 3 is 2.00 bits per heavy atom. The summed E-state index contributed by atoms with van der Waals surface area (Å²) in [6.07, 6.45) is 6.39. The Kier molecular flexibility index (Phi) is 10.4. The van der Waals surface area contributed by atoms with Gasteiger partial charge >= 0.3 is 0 Å². The summed E-state index contributed by atoms with van der Waals surface area (Å²) in [5.74, 6) is -0.497. The molecule has 0 bridgehead atoms. The molecular formula is C31H42N2O11S3. The molecule has 2 aliphatic heterocycles. The average molecular weight is 715 g/mol. The first kappa shape index (κ1) is 37.0. The van der Waals surface area contributed by atoms with Crippen molar-refractivity contribution in [1.29, 1.82) is 0 Å². The number of nitrogens with zero attached hydrogens (tertiary/aromatic N) is 1. The lowest BCUT2D eigenvalue weighted by atomic mass is 9.66. The molecule has 2 aliphatic rings. The number of ether oxygens (including phenoxy) is 2. The minimum atomic E-state index is -4.56. The van der Waals surface area contributed by atoms with E-state index in [2.05, 4.69) is 5.32 Å². The highest BCUT2D eigenvalue weighted by atomic mass is 32.2. The standard InChI is InChI=1S/C31H42N2O11S3/c1-29(15-17-43-4)24-20-22(46(37,38)39)9-11-26(24)32-28(29)8-6-14-31(3)30(2,13-7-19-45(34,35)36)25-21-23(47(40,41)42)10-12-27(25)33(31)16-18-44-5/h6,8-12,14,20-21,32H,7,13,15-19H2,1-5H3,(H,34,35,36)(H,37,38,39)(H,40,41,42)/b14-6+,28-8+. The van der Waals surface area contributed by atoms with E-state index in [0.29, 0.717) is 48.7 Å². The van der Waals surface area contributed by atoms with Crippen LogP contribution in [0.4, 0.5) is 11.4 Å². The molecular weight excluding hydrogens is 673 g/mol. The van der Waals surface area contributed by atoms with Crippen LogP contribution in [0.1, 0.15) is 51.2 Å². The lowest BCUT2D eigenvalue weighted by Gasteiger charge is -2.45. The quantitative estimate of drug-likeness (QED) is 0.204. The summed E-state index contributed by atoms with van der Waals surface area (Å²) >= 11 is 0. The van der Waals surface area contributed by atoms with Gasteiger partial charge in [-0.05, 0) is 86.7 Å². The summed E-state index contributed by atoms with van der Waals surface area (Å²) in [7, 11) is -10.2. The summed E-state index contributed by atoms with van der Waals surface area (Å²) in [5.41, 5.74) is 0.765. The van der Waals surface area contributed by atoms with Gasteiger partial charge < -0.3 is 19.7 Å². The van der Waals surface area contributed by atoms with Gasteiger partial charge in [0.05, 0.1) is 27.7 Å². The second kappa shape index (κ2) is 13.2. The fourth-order valence-electron chi connectivity index (χ4n) is 6.79. The molecule has 0 saturated heterocycles. The molecule has 260 valence electrons. The molecule has 16 heteroatoms. The fraction of sp³-hybridized carbons (Fsp3) is 0.484. The van der Waals surface area contributed by atoms with E-state index in [0.717, 1.165) is 5.70 Å². The molecule has 4 rings (SSSR count). The molecule has 0 saturated carbocycles. The molecule has 2 aromatic carbocycles. The largest absolute Gasteiger partial charge is 0.385 e. The van der Waals surface area contributed by atoms with Crippen LogP contribution in [0.3, 0.4) is 0 Å². The molecule has 3 atom stereocenters. The summed E-state index contributed by atoms with van der Waals surface area (Å²) in [6, 6.07) is 8.67. The first-order valence-electron chi connectivity index (χ1n) is 14.8. The van der Waals surface area contributed by atoms with Crippen molar-refractivity contribution in [3.63, 3.8) is 0 Å². The molecule has 2 aromatic rings. The highest BCUT2D eigenvalue weighted by Crippen LogP contribution is 2.55. The van der Waals surface area contributed by atoms with Crippen LogP contribution in [-0.4, -0.2) is 84.2 Å². The second-order valence-corrected chi connectivity index (χ2v) is 16.9. The van der Waals surface area contributed by atoms with Crippen LogP contribution < -0.4 is 10.2 Å². The summed E-state index contributed by atoms with van der Waals surface area (Å²) in [5, 5.41) is 3.36. The Hall–Kier alpha value is -2.83. The van der Waals surface area contributed by atoms with Crippen molar-refractivity contribution >= 4 is 41.7 Å². The summed E-state index contributed by atoms with van der Waals surface area (Å²) < 4.78 is 111. The van der Waals surface area contributed by atoms with E-state index in [1.54, 1.807) is 26.4 Å². The van der Waals surface area contributed by atoms with E-state index in [1.807, 2.05) is 43.9 Å². The van der Waals surface area contributed by atoms with Crippen molar-refractivity contribution in [3.8, 4) is 0 Å². The van der Waals surface area contributed by atoms with Gasteiger partial charge in [-0.3, -0.25) is 13.7 Å². The fourth-order valence-corrected chi connectivity index (χ4v) is 8.31. The van der Waals surface area contributed by atoms with Crippen LogP contribution in [0, 0.1) is 0 Å². The van der Waals surface area contributed by atoms with Gasteiger partial charge in [-0.2, -0.15) is 25.3 Å². The molecule has 3 unspecified atom stereocenters. The molecule has 0 fully saturated rings. The number of fused-ring (bicyclic) bond motifs is 2. The average Bonchev–Trinajstić information content (AvgIpc) is 3.34. The summed E-state index contributed by atoms with van der Waals surface area (Å²) in [6.45, 7) is 6.82. The van der Waals surface area contributed by atoms with Crippen LogP contribution in [-0.2, 0) is 50.7 Å². The number of hydrogen-bond donors (Lipinski definition) is 4. The first-order valence-corrected chi connectivity index (χ1v) is 19.3. The number of nitrogens with one attached hydrogen (secondary N) is 1. The van der Waals surface area contributed by atoms with Gasteiger partial charge in [-0.1, -0.05) is 19.1 Å². The minimum absolute atomic E-state index is 0.0650. The predicted octanol–water partition coefficient (Wildman–Crippen LogP) is 4.19. The Labute approximate surface area is 276 Å². The molecule has 13 nitrogen and oxygen atoms in total. The third-order valence-corrected chi connectivity index (χ3v) is 12.2. The van der Waals surface area contributed by atoms with Crippen molar-refractivity contribution in [3.05, 3.63) is 71.5 Å². The van der Waals surface area contributed by atoms with Crippen LogP contribution >= 0.6 is 0 Å². The smallest absolute Gasteiger partial charge is 0.294 e. The molecule has 2 heterocycles. The highest BCUT2D eigenvalue weighted by molar-refractivity contribution is 7.86. The number of rotatable bonds is 14. The normalized spacial score (nSPS) is 25.4. The van der Waals surface area contributed by atoms with E-state index in [-0.39, 0.29) is 22.6 Å². The van der Waals surface area contributed by atoms with E-state index < -0.39 is 52.5 Å². The molecule has 0 aliphatic carbocycles. The predicted molar refractivity (Wildman–Crippen MR) is 178 cm³/mol. The van der Waals surface area contributed by atoms with Crippen molar-refractivity contribution in [2.24, 2.45) is 0 Å². The Balaban J connectivity index is 1.85. The third kappa shape index (κ3) is 7.29. The van der Waals surface area contributed by atoms with Crippen LogP contribution in [0.5, 0.6) is 0 Å². The van der Waals surface area contributed by atoms with E-state index in [4.69, 9.17) is 9.47 Å². The maximum atomic E-state index is 12.2. The van der Waals surface area contributed by atoms with Crippen molar-refractivity contribution in [2.45, 2.75) is 66.2 Å². The maximum Gasteiger partial charge on any atom is 0.294 e. The number of methoxy groups -OCH3 is 2. The lowest BCUT2D eigenvalue weighted by molar-refractivity contribution is 0.179. The van der Waals surface area contributed by atoms with Crippen LogP contribution in [0.15, 0.2) is 70.1 Å². The number of allylic oxidation sites excluding steroid dienone is 3. The molecule has 47 heavy (non-hydrogen) atoms. The number of anilines is 2. The maximum absolute atomic E-state index is 12.2. The highest BCUT2D eigenvalue weighted by Gasteiger charge is 2.55. The SMILES string of the molecule is COCCN1c2ccc(S(=O)(=O)O)cc2C(C)(CCCS(=O)(=O)O)C1(C)/C=C/C=C1/Nc2ccc(S(=O)(=O)O)cc2C1(C)CCOC. The van der Waals surface area contributed by atoms with E-state index >= 15 is 0 Å². The van der Waals surface area contributed by atoms with E-state index in [1.165, 1.54) is 24.3 Å². The van der Waals surface area contributed by atoms with Gasteiger partial charge in [0, 0.05) is 55.3 Å². The monoisotopic (exact) mass is 714 g/mol. The Morgan fingerprint density at radius 2 is 1.43 bits per heavy atom. The molecule has 0 aromatic heterocycles. The molecule has 0 amide bonds. The van der Waals surface area contributed by atoms with Crippen molar-refractivity contribution < 1.29 is 48.4 Å². The van der Waals surface area contributed by atoms with Gasteiger partial charge in [-0.15, -0.1) is 0 Å². The molecule has 0 radical (unpaired) electrons. The van der Waals surface area contributed by atoms with Gasteiger partial charge in [0.15, 0.2) is 0 Å². The zero-order chi connectivity index (χ0) is 35.1. The zero-order valence-corrected chi connectivity index (χ0v) is 29.4. The molecule has 4 N–H and O–H groups in total. The topological polar surface area (TPSA) is 197 Å². The zero-order valence-electron chi connectivity index (χ0n) is 26.9. The van der Waals surface area contributed by atoms with Crippen LogP contribution in [0.25, 0.3) is 0 Å². The lowest BCUT2D eigenvalue weighted by Crippen LogP contribution is -2.54. The second-order valence-electron chi connectivity index (χ2n) is 12.5. The van der Waals surface area contributed by atoms with Gasteiger partial charge in [-0.25, -0.2) is 0 Å². The minimum Gasteiger partial charge on any atom is -0.385 e. The Morgan fingerprint density at radius 1 is 0.830 bits per heavy atom. The number of benzene rings is 2. The van der Waals surface area contributed by atoms with Crippen molar-refractivity contribution in [1.82, 2.24) is 0 Å². The first-order chi connectivity index (χ1) is 21.7. The van der Waals surface area contributed by atoms with Crippen molar-refractivity contribution in [2.75, 3.05) is 49.9 Å². The summed E-state index contributed by atoms with van der Waals surface area (Å²) in [4.78, 5) is 1.51. The number of hydrogen-bond acceptors (Lipinski definition) is 10. The van der Waals surface area contributed by atoms with Crippen LogP contribution in [0.2, 0.25) is 0 Å². The molecule has 0 spiro atoms.